The third kappa shape index (κ3) is 3.30. The van der Waals surface area contributed by atoms with Gasteiger partial charge in [-0.25, -0.2) is 0 Å². The van der Waals surface area contributed by atoms with Crippen molar-refractivity contribution in [3.05, 3.63) is 71.3 Å². The van der Waals surface area contributed by atoms with Gasteiger partial charge in [-0.15, -0.1) is 0 Å². The summed E-state index contributed by atoms with van der Waals surface area (Å²) in [5.74, 6) is 0. The normalized spacial score (nSPS) is 10.9. The smallest absolute Gasteiger partial charge is 0.0208 e. The van der Waals surface area contributed by atoms with E-state index in [9.17, 15) is 0 Å². The molecule has 0 bridgehead atoms. The summed E-state index contributed by atoms with van der Waals surface area (Å²) in [6, 6.07) is 18.8. The second-order valence-corrected chi connectivity index (χ2v) is 3.97. The predicted molar refractivity (Wildman–Crippen MR) is 74.6 cm³/mol. The van der Waals surface area contributed by atoms with E-state index in [0.29, 0.717) is 0 Å². The summed E-state index contributed by atoms with van der Waals surface area (Å²) in [7, 11) is 1.97. The first kappa shape index (κ1) is 11.6. The van der Waals surface area contributed by atoms with Crippen molar-refractivity contribution in [1.82, 2.24) is 5.32 Å². The van der Waals surface area contributed by atoms with E-state index >= 15 is 0 Å². The first-order chi connectivity index (χ1) is 8.40. The van der Waals surface area contributed by atoms with Crippen LogP contribution in [0.1, 0.15) is 16.7 Å². The van der Waals surface area contributed by atoms with E-state index in [1.165, 1.54) is 16.7 Å². The summed E-state index contributed by atoms with van der Waals surface area (Å²) in [5.41, 5.74) is 3.82. The van der Waals surface area contributed by atoms with Crippen LogP contribution in [0.5, 0.6) is 0 Å². The number of hydrogen-bond acceptors (Lipinski definition) is 1. The molecule has 0 saturated heterocycles. The fourth-order valence-electron chi connectivity index (χ4n) is 1.80. The second-order valence-electron chi connectivity index (χ2n) is 3.97. The van der Waals surface area contributed by atoms with Crippen molar-refractivity contribution in [2.75, 3.05) is 7.05 Å². The Bertz CT molecular complexity index is 486. The Balaban J connectivity index is 2.21. The number of rotatable bonds is 4. The highest BCUT2D eigenvalue weighted by atomic mass is 14.8. The fourth-order valence-corrected chi connectivity index (χ4v) is 1.80. The van der Waals surface area contributed by atoms with Crippen LogP contribution in [0.15, 0.2) is 54.6 Å². The molecule has 0 saturated carbocycles. The molecule has 0 aromatic heterocycles. The first-order valence-corrected chi connectivity index (χ1v) is 5.86. The lowest BCUT2D eigenvalue weighted by atomic mass is 10.1. The van der Waals surface area contributed by atoms with E-state index in [2.05, 4.69) is 66.0 Å². The van der Waals surface area contributed by atoms with Gasteiger partial charge in [-0.2, -0.15) is 0 Å². The summed E-state index contributed by atoms with van der Waals surface area (Å²) in [6.07, 6.45) is 4.32. The van der Waals surface area contributed by atoms with Gasteiger partial charge in [-0.05, 0) is 23.7 Å². The lowest BCUT2D eigenvalue weighted by Crippen LogP contribution is -2.06. The van der Waals surface area contributed by atoms with Gasteiger partial charge in [0.1, 0.15) is 0 Å². The molecule has 1 N–H and O–H groups in total. The average Bonchev–Trinajstić information content (AvgIpc) is 2.39. The lowest BCUT2D eigenvalue weighted by Gasteiger charge is -2.04. The molecule has 0 radical (unpaired) electrons. The zero-order valence-corrected chi connectivity index (χ0v) is 10.1. The standard InChI is InChI=1S/C16H17N/c1-17-13-16-10-6-5-9-15(16)12-11-14-7-3-2-4-8-14/h2-12,17H,13H2,1H3/b12-11+. The molecular formula is C16H17N. The third-order valence-electron chi connectivity index (χ3n) is 2.68. The van der Waals surface area contributed by atoms with Gasteiger partial charge in [0.2, 0.25) is 0 Å². The third-order valence-corrected chi connectivity index (χ3v) is 2.68. The Kier molecular flexibility index (Phi) is 4.11. The highest BCUT2D eigenvalue weighted by Crippen LogP contribution is 2.13. The zero-order chi connectivity index (χ0) is 11.9. The topological polar surface area (TPSA) is 12.0 Å². The molecule has 86 valence electrons. The molecule has 0 heterocycles. The number of nitrogens with one attached hydrogen (secondary N) is 1. The van der Waals surface area contributed by atoms with Gasteiger partial charge in [-0.3, -0.25) is 0 Å². The van der Waals surface area contributed by atoms with Crippen LogP contribution in [-0.2, 0) is 6.54 Å². The summed E-state index contributed by atoms with van der Waals surface area (Å²) in [6.45, 7) is 0.898. The van der Waals surface area contributed by atoms with Crippen LogP contribution < -0.4 is 5.32 Å². The fraction of sp³-hybridized carbons (Fsp3) is 0.125. The van der Waals surface area contributed by atoms with Crippen LogP contribution in [0, 0.1) is 0 Å². The number of hydrogen-bond donors (Lipinski definition) is 1. The van der Waals surface area contributed by atoms with Crippen LogP contribution in [0.2, 0.25) is 0 Å². The van der Waals surface area contributed by atoms with E-state index < -0.39 is 0 Å². The van der Waals surface area contributed by atoms with E-state index in [4.69, 9.17) is 0 Å². The highest BCUT2D eigenvalue weighted by molar-refractivity contribution is 5.71. The van der Waals surface area contributed by atoms with Crippen LogP contribution >= 0.6 is 0 Å². The van der Waals surface area contributed by atoms with Gasteiger partial charge in [0.15, 0.2) is 0 Å². The van der Waals surface area contributed by atoms with E-state index in [1.54, 1.807) is 0 Å². The van der Waals surface area contributed by atoms with Gasteiger partial charge >= 0.3 is 0 Å². The Hall–Kier alpha value is -1.86. The van der Waals surface area contributed by atoms with Gasteiger partial charge in [0.05, 0.1) is 0 Å². The average molecular weight is 223 g/mol. The van der Waals surface area contributed by atoms with Crippen molar-refractivity contribution < 1.29 is 0 Å². The molecule has 0 atom stereocenters. The van der Waals surface area contributed by atoms with Crippen molar-refractivity contribution in [1.29, 1.82) is 0 Å². The first-order valence-electron chi connectivity index (χ1n) is 5.86. The molecule has 1 nitrogen and oxygen atoms in total. The van der Waals surface area contributed by atoms with E-state index in [0.717, 1.165) is 6.54 Å². The van der Waals surface area contributed by atoms with E-state index in [-0.39, 0.29) is 0 Å². The van der Waals surface area contributed by atoms with Crippen LogP contribution in [0.25, 0.3) is 12.2 Å². The maximum atomic E-state index is 3.19. The quantitative estimate of drug-likeness (QED) is 0.781. The van der Waals surface area contributed by atoms with Gasteiger partial charge in [-0.1, -0.05) is 66.7 Å². The van der Waals surface area contributed by atoms with Crippen molar-refractivity contribution in [2.24, 2.45) is 0 Å². The largest absolute Gasteiger partial charge is 0.316 e. The Labute approximate surface area is 103 Å². The SMILES string of the molecule is CNCc1ccccc1/C=C/c1ccccc1. The van der Waals surface area contributed by atoms with Crippen LogP contribution in [0.4, 0.5) is 0 Å². The lowest BCUT2D eigenvalue weighted by molar-refractivity contribution is 0.816. The minimum Gasteiger partial charge on any atom is -0.316 e. The zero-order valence-electron chi connectivity index (χ0n) is 10.1. The highest BCUT2D eigenvalue weighted by Gasteiger charge is 1.96. The van der Waals surface area contributed by atoms with Crippen molar-refractivity contribution in [2.45, 2.75) is 6.54 Å². The summed E-state index contributed by atoms with van der Waals surface area (Å²) < 4.78 is 0. The molecule has 0 spiro atoms. The molecule has 0 fully saturated rings. The molecule has 2 aromatic carbocycles. The van der Waals surface area contributed by atoms with Crippen molar-refractivity contribution in [3.8, 4) is 0 Å². The number of benzene rings is 2. The minimum atomic E-state index is 0.898. The van der Waals surface area contributed by atoms with Crippen LogP contribution in [0.3, 0.4) is 0 Å². The molecular weight excluding hydrogens is 206 g/mol. The monoisotopic (exact) mass is 223 g/mol. The van der Waals surface area contributed by atoms with Gasteiger partial charge < -0.3 is 5.32 Å². The summed E-state index contributed by atoms with van der Waals surface area (Å²) >= 11 is 0. The molecule has 0 amide bonds. The Morgan fingerprint density at radius 3 is 2.35 bits per heavy atom. The molecule has 1 heteroatoms. The van der Waals surface area contributed by atoms with Gasteiger partial charge in [0.25, 0.3) is 0 Å². The molecule has 0 aliphatic rings. The molecule has 2 rings (SSSR count). The molecule has 2 aromatic rings. The molecule has 17 heavy (non-hydrogen) atoms. The molecule has 0 unspecified atom stereocenters. The molecule has 0 aliphatic carbocycles. The predicted octanol–water partition coefficient (Wildman–Crippen LogP) is 3.58. The van der Waals surface area contributed by atoms with Crippen molar-refractivity contribution >= 4 is 12.2 Å². The molecule has 0 aliphatic heterocycles. The van der Waals surface area contributed by atoms with Crippen molar-refractivity contribution in [3.63, 3.8) is 0 Å². The second kappa shape index (κ2) is 6.02. The van der Waals surface area contributed by atoms with Gasteiger partial charge in [0, 0.05) is 6.54 Å². The maximum Gasteiger partial charge on any atom is 0.0208 e. The minimum absolute atomic E-state index is 0.898. The summed E-state index contributed by atoms with van der Waals surface area (Å²) in [5, 5.41) is 3.19. The Morgan fingerprint density at radius 2 is 1.59 bits per heavy atom. The Morgan fingerprint density at radius 1 is 0.882 bits per heavy atom. The van der Waals surface area contributed by atoms with E-state index in [1.807, 2.05) is 13.1 Å². The van der Waals surface area contributed by atoms with Crippen LogP contribution in [-0.4, -0.2) is 7.05 Å². The summed E-state index contributed by atoms with van der Waals surface area (Å²) in [4.78, 5) is 0. The maximum absolute atomic E-state index is 3.19.